The second-order valence-corrected chi connectivity index (χ2v) is 6.59. The van der Waals surface area contributed by atoms with Crippen molar-refractivity contribution in [3.8, 4) is 0 Å². The van der Waals surface area contributed by atoms with Gasteiger partial charge in [0.1, 0.15) is 24.6 Å². The van der Waals surface area contributed by atoms with E-state index in [1.165, 1.54) is 6.33 Å². The van der Waals surface area contributed by atoms with E-state index >= 15 is 0 Å². The number of benzene rings is 1. The first-order valence-electron chi connectivity index (χ1n) is 9.45. The Morgan fingerprint density at radius 3 is 2.66 bits per heavy atom. The molecule has 0 atom stereocenters. The number of carbonyl (C=O) groups is 2. The molecule has 0 saturated carbocycles. The highest BCUT2D eigenvalue weighted by Crippen LogP contribution is 2.18. The van der Waals surface area contributed by atoms with Crippen LogP contribution >= 0.6 is 0 Å². The molecule has 156 valence electrons. The Morgan fingerprint density at radius 2 is 2.00 bits per heavy atom. The van der Waals surface area contributed by atoms with Gasteiger partial charge in [-0.05, 0) is 30.5 Å². The zero-order valence-corrected chi connectivity index (χ0v) is 16.7. The minimum atomic E-state index is -0.837. The molecule has 1 heterocycles. The number of anilines is 2. The predicted octanol–water partition coefficient (Wildman–Crippen LogP) is 1.77. The number of aryl methyl sites for hydroxylation is 1. The Morgan fingerprint density at radius 1 is 1.21 bits per heavy atom. The summed E-state index contributed by atoms with van der Waals surface area (Å²) in [5.74, 6) is -0.705. The van der Waals surface area contributed by atoms with Gasteiger partial charge in [0.05, 0.1) is 6.42 Å². The molecule has 1 aromatic heterocycles. The van der Waals surface area contributed by atoms with Crippen molar-refractivity contribution >= 4 is 23.4 Å². The highest BCUT2D eigenvalue weighted by molar-refractivity contribution is 6.03. The molecule has 0 spiro atoms. The van der Waals surface area contributed by atoms with Crippen molar-refractivity contribution in [2.24, 2.45) is 0 Å². The summed E-state index contributed by atoms with van der Waals surface area (Å²) in [6.45, 7) is 5.25. The lowest BCUT2D eigenvalue weighted by Gasteiger charge is -2.20. The van der Waals surface area contributed by atoms with E-state index in [0.717, 1.165) is 17.5 Å². The normalized spacial score (nSPS) is 10.6. The first-order valence-corrected chi connectivity index (χ1v) is 9.45. The van der Waals surface area contributed by atoms with E-state index in [1.807, 2.05) is 26.0 Å². The number of aliphatic hydroxyl groups is 1. The molecule has 0 aliphatic heterocycles. The summed E-state index contributed by atoms with van der Waals surface area (Å²) in [6, 6.07) is 7.16. The van der Waals surface area contributed by atoms with Crippen LogP contribution in [0.2, 0.25) is 0 Å². The van der Waals surface area contributed by atoms with E-state index in [1.54, 1.807) is 17.0 Å². The van der Waals surface area contributed by atoms with Crippen molar-refractivity contribution in [1.29, 1.82) is 0 Å². The summed E-state index contributed by atoms with van der Waals surface area (Å²) in [7, 11) is 0. The summed E-state index contributed by atoms with van der Waals surface area (Å²) < 4.78 is 0. The Hall–Kier alpha value is -3.04. The largest absolute Gasteiger partial charge is 0.481 e. The van der Waals surface area contributed by atoms with Crippen molar-refractivity contribution in [1.82, 2.24) is 15.3 Å². The van der Waals surface area contributed by atoms with Crippen LogP contribution in [-0.4, -0.2) is 51.9 Å². The molecule has 2 aromatic rings. The number of hydrogen-bond acceptors (Lipinski definition) is 7. The standard InChI is InChI=1S/C20H27N5O4/c1-3-8-25(13-26)18-10-17(22-12-23-18)20(29)24-16-5-4-15(9-14(16)2)11-21-7-6-19(27)28/h4-5,9-10,12,21,26H,3,6-8,11,13H2,1-2H3,(H,24,29)(H,27,28). The number of aliphatic carboxylic acids is 1. The van der Waals surface area contributed by atoms with Crippen molar-refractivity contribution in [3.05, 3.63) is 47.4 Å². The van der Waals surface area contributed by atoms with E-state index in [9.17, 15) is 14.7 Å². The van der Waals surface area contributed by atoms with Crippen LogP contribution in [0, 0.1) is 6.92 Å². The SMILES string of the molecule is CCCN(CO)c1cc(C(=O)Nc2ccc(CNCCC(=O)O)cc2C)ncn1. The first kappa shape index (κ1) is 22.3. The Kier molecular flexibility index (Phi) is 8.50. The van der Waals surface area contributed by atoms with Gasteiger partial charge >= 0.3 is 5.97 Å². The van der Waals surface area contributed by atoms with Crippen LogP contribution in [0.25, 0.3) is 0 Å². The average molecular weight is 401 g/mol. The van der Waals surface area contributed by atoms with Crippen LogP contribution < -0.4 is 15.5 Å². The van der Waals surface area contributed by atoms with Crippen molar-refractivity contribution in [3.63, 3.8) is 0 Å². The Balaban J connectivity index is 2.02. The fraction of sp³-hybridized carbons (Fsp3) is 0.400. The van der Waals surface area contributed by atoms with Gasteiger partial charge in [-0.1, -0.05) is 19.1 Å². The number of carboxylic acids is 1. The number of nitrogens with one attached hydrogen (secondary N) is 2. The third-order valence-electron chi connectivity index (χ3n) is 4.26. The minimum Gasteiger partial charge on any atom is -0.481 e. The predicted molar refractivity (Wildman–Crippen MR) is 110 cm³/mol. The highest BCUT2D eigenvalue weighted by Gasteiger charge is 2.13. The minimum absolute atomic E-state index is 0.0695. The highest BCUT2D eigenvalue weighted by atomic mass is 16.4. The molecule has 9 nitrogen and oxygen atoms in total. The van der Waals surface area contributed by atoms with Gasteiger partial charge in [-0.15, -0.1) is 0 Å². The number of aromatic nitrogens is 2. The van der Waals surface area contributed by atoms with Gasteiger partial charge in [-0.2, -0.15) is 0 Å². The molecular formula is C20H27N5O4. The van der Waals surface area contributed by atoms with Gasteiger partial charge in [0.15, 0.2) is 0 Å². The molecule has 0 bridgehead atoms. The topological polar surface area (TPSA) is 128 Å². The lowest BCUT2D eigenvalue weighted by Crippen LogP contribution is -2.26. The van der Waals surface area contributed by atoms with E-state index in [2.05, 4.69) is 20.6 Å². The molecule has 0 radical (unpaired) electrons. The van der Waals surface area contributed by atoms with Crippen LogP contribution in [0.4, 0.5) is 11.5 Å². The number of carboxylic acid groups (broad SMARTS) is 1. The Bertz CT molecular complexity index is 843. The molecular weight excluding hydrogens is 374 g/mol. The zero-order chi connectivity index (χ0) is 21.2. The molecule has 1 amide bonds. The maximum absolute atomic E-state index is 12.6. The number of amides is 1. The van der Waals surface area contributed by atoms with Crippen LogP contribution in [0.1, 0.15) is 41.4 Å². The average Bonchev–Trinajstić information content (AvgIpc) is 2.71. The third kappa shape index (κ3) is 6.81. The monoisotopic (exact) mass is 401 g/mol. The maximum atomic E-state index is 12.6. The quantitative estimate of drug-likeness (QED) is 0.331. The molecule has 0 saturated heterocycles. The van der Waals surface area contributed by atoms with Gasteiger partial charge in [-0.25, -0.2) is 9.97 Å². The van der Waals surface area contributed by atoms with Crippen LogP contribution in [0.3, 0.4) is 0 Å². The number of hydrogen-bond donors (Lipinski definition) is 4. The molecule has 1 aromatic carbocycles. The number of carbonyl (C=O) groups excluding carboxylic acids is 1. The van der Waals surface area contributed by atoms with E-state index in [0.29, 0.717) is 31.1 Å². The molecule has 0 fully saturated rings. The summed E-state index contributed by atoms with van der Waals surface area (Å²) >= 11 is 0. The summed E-state index contributed by atoms with van der Waals surface area (Å²) in [6.07, 6.45) is 2.21. The summed E-state index contributed by atoms with van der Waals surface area (Å²) in [5, 5.41) is 24.0. The van der Waals surface area contributed by atoms with Gasteiger partial charge < -0.3 is 25.7 Å². The lowest BCUT2D eigenvalue weighted by molar-refractivity contribution is -0.136. The fourth-order valence-corrected chi connectivity index (χ4v) is 2.76. The number of rotatable bonds is 11. The van der Waals surface area contributed by atoms with Gasteiger partial charge in [0.2, 0.25) is 0 Å². The van der Waals surface area contributed by atoms with Crippen LogP contribution in [-0.2, 0) is 11.3 Å². The van der Waals surface area contributed by atoms with E-state index < -0.39 is 5.97 Å². The van der Waals surface area contributed by atoms with E-state index in [4.69, 9.17) is 5.11 Å². The third-order valence-corrected chi connectivity index (χ3v) is 4.26. The lowest BCUT2D eigenvalue weighted by atomic mass is 10.1. The van der Waals surface area contributed by atoms with Crippen molar-refractivity contribution in [2.45, 2.75) is 33.2 Å². The molecule has 4 N–H and O–H groups in total. The molecule has 29 heavy (non-hydrogen) atoms. The fourth-order valence-electron chi connectivity index (χ4n) is 2.76. The number of aliphatic hydroxyl groups excluding tert-OH is 1. The second kappa shape index (κ2) is 11.1. The van der Waals surface area contributed by atoms with Crippen molar-refractivity contribution < 1.29 is 19.8 Å². The maximum Gasteiger partial charge on any atom is 0.304 e. The molecule has 0 aliphatic rings. The molecule has 2 rings (SSSR count). The van der Waals surface area contributed by atoms with Gasteiger partial charge in [0.25, 0.3) is 5.91 Å². The smallest absolute Gasteiger partial charge is 0.304 e. The molecule has 9 heteroatoms. The van der Waals surface area contributed by atoms with Crippen molar-refractivity contribution in [2.75, 3.05) is 30.0 Å². The second-order valence-electron chi connectivity index (χ2n) is 6.59. The summed E-state index contributed by atoms with van der Waals surface area (Å²) in [5.41, 5.74) is 2.75. The van der Waals surface area contributed by atoms with Crippen LogP contribution in [0.5, 0.6) is 0 Å². The first-order chi connectivity index (χ1) is 13.9. The van der Waals surface area contributed by atoms with E-state index in [-0.39, 0.29) is 24.8 Å². The zero-order valence-electron chi connectivity index (χ0n) is 16.7. The number of nitrogens with zero attached hydrogens (tertiary/aromatic N) is 3. The Labute approximate surface area is 169 Å². The van der Waals surface area contributed by atoms with Gasteiger partial charge in [0, 0.05) is 31.4 Å². The summed E-state index contributed by atoms with van der Waals surface area (Å²) in [4.78, 5) is 33.0. The van der Waals surface area contributed by atoms with Crippen LogP contribution in [0.15, 0.2) is 30.6 Å². The molecule has 0 unspecified atom stereocenters. The molecule has 0 aliphatic carbocycles. The van der Waals surface area contributed by atoms with Gasteiger partial charge in [-0.3, -0.25) is 9.59 Å².